The molecule has 1 aromatic heterocycles. The summed E-state index contributed by atoms with van der Waals surface area (Å²) >= 11 is 4.38. The Balaban J connectivity index is 2.02. The molecule has 0 fully saturated rings. The SMILES string of the molecule is O=C(NNC(=O)c1cc(Br)ccc1F)c1cccs1. The molecule has 0 saturated carbocycles. The summed E-state index contributed by atoms with van der Waals surface area (Å²) in [5.41, 5.74) is 4.23. The van der Waals surface area contributed by atoms with E-state index in [4.69, 9.17) is 0 Å². The Bertz CT molecular complexity index is 616. The van der Waals surface area contributed by atoms with Gasteiger partial charge < -0.3 is 0 Å². The summed E-state index contributed by atoms with van der Waals surface area (Å²) < 4.78 is 14.0. The molecule has 0 unspecified atom stereocenters. The smallest absolute Gasteiger partial charge is 0.267 e. The van der Waals surface area contributed by atoms with Gasteiger partial charge in [0.15, 0.2) is 0 Å². The minimum Gasteiger partial charge on any atom is -0.267 e. The average Bonchev–Trinajstić information content (AvgIpc) is 2.92. The monoisotopic (exact) mass is 342 g/mol. The number of rotatable bonds is 2. The predicted molar refractivity (Wildman–Crippen MR) is 73.4 cm³/mol. The quantitative estimate of drug-likeness (QED) is 0.824. The van der Waals surface area contributed by atoms with Crippen molar-refractivity contribution in [3.8, 4) is 0 Å². The van der Waals surface area contributed by atoms with E-state index in [2.05, 4.69) is 26.8 Å². The van der Waals surface area contributed by atoms with Crippen LogP contribution in [0.3, 0.4) is 0 Å². The van der Waals surface area contributed by atoms with Gasteiger partial charge in [-0.15, -0.1) is 11.3 Å². The van der Waals surface area contributed by atoms with Crippen molar-refractivity contribution in [3.63, 3.8) is 0 Å². The maximum Gasteiger partial charge on any atom is 0.279 e. The van der Waals surface area contributed by atoms with Crippen LogP contribution in [-0.2, 0) is 0 Å². The number of carbonyl (C=O) groups excluding carboxylic acids is 2. The Kier molecular flexibility index (Phi) is 4.28. The molecule has 2 amide bonds. The maximum atomic E-state index is 13.4. The van der Waals surface area contributed by atoms with E-state index in [1.54, 1.807) is 17.5 Å². The van der Waals surface area contributed by atoms with Crippen LogP contribution in [0.15, 0.2) is 40.2 Å². The molecule has 0 saturated heterocycles. The Morgan fingerprint density at radius 1 is 1.16 bits per heavy atom. The number of halogens is 2. The van der Waals surface area contributed by atoms with Crippen molar-refractivity contribution in [2.45, 2.75) is 0 Å². The summed E-state index contributed by atoms with van der Waals surface area (Å²) in [4.78, 5) is 23.7. The fraction of sp³-hybridized carbons (Fsp3) is 0. The van der Waals surface area contributed by atoms with E-state index >= 15 is 0 Å². The number of nitrogens with one attached hydrogen (secondary N) is 2. The van der Waals surface area contributed by atoms with Crippen LogP contribution in [0.25, 0.3) is 0 Å². The zero-order chi connectivity index (χ0) is 13.8. The number of benzene rings is 1. The second kappa shape index (κ2) is 5.94. The minimum atomic E-state index is -0.719. The lowest BCUT2D eigenvalue weighted by molar-refractivity contribution is 0.0846. The molecule has 1 heterocycles. The van der Waals surface area contributed by atoms with Crippen molar-refractivity contribution in [3.05, 3.63) is 56.4 Å². The number of hydrogen-bond acceptors (Lipinski definition) is 3. The molecular weight excluding hydrogens is 335 g/mol. The van der Waals surface area contributed by atoms with Crippen LogP contribution in [0, 0.1) is 5.82 Å². The molecule has 2 rings (SSSR count). The molecule has 1 aromatic carbocycles. The van der Waals surface area contributed by atoms with E-state index < -0.39 is 17.6 Å². The average molecular weight is 343 g/mol. The minimum absolute atomic E-state index is 0.152. The fourth-order valence-electron chi connectivity index (χ4n) is 1.32. The Morgan fingerprint density at radius 3 is 2.58 bits per heavy atom. The lowest BCUT2D eigenvalue weighted by Gasteiger charge is -2.07. The lowest BCUT2D eigenvalue weighted by Crippen LogP contribution is -2.41. The fourth-order valence-corrected chi connectivity index (χ4v) is 2.30. The third kappa shape index (κ3) is 3.39. The molecule has 2 aromatic rings. The van der Waals surface area contributed by atoms with Crippen LogP contribution in [0.5, 0.6) is 0 Å². The number of hydrogen-bond donors (Lipinski definition) is 2. The van der Waals surface area contributed by atoms with Crippen LogP contribution in [0.4, 0.5) is 4.39 Å². The van der Waals surface area contributed by atoms with Crippen LogP contribution < -0.4 is 10.9 Å². The van der Waals surface area contributed by atoms with Crippen LogP contribution in [0.2, 0.25) is 0 Å². The first-order valence-electron chi connectivity index (χ1n) is 5.17. The molecular formula is C12H8BrFN2O2S. The largest absolute Gasteiger partial charge is 0.279 e. The zero-order valence-corrected chi connectivity index (χ0v) is 11.8. The van der Waals surface area contributed by atoms with Gasteiger partial charge in [0, 0.05) is 4.47 Å². The molecule has 0 aliphatic heterocycles. The summed E-state index contributed by atoms with van der Waals surface area (Å²) in [5.74, 6) is -1.83. The first-order chi connectivity index (χ1) is 9.08. The standard InChI is InChI=1S/C12H8BrFN2O2S/c13-7-3-4-9(14)8(6-7)11(17)15-16-12(18)10-2-1-5-19-10/h1-6H,(H,15,17)(H,16,18). The summed E-state index contributed by atoms with van der Waals surface area (Å²) in [6, 6.07) is 7.32. The summed E-state index contributed by atoms with van der Waals surface area (Å²) in [7, 11) is 0. The molecule has 0 aliphatic rings. The van der Waals surface area contributed by atoms with Gasteiger partial charge >= 0.3 is 0 Å². The van der Waals surface area contributed by atoms with Crippen LogP contribution >= 0.6 is 27.3 Å². The third-order valence-corrected chi connectivity index (χ3v) is 3.57. The molecule has 0 atom stereocenters. The second-order valence-corrected chi connectivity index (χ2v) is 5.37. The lowest BCUT2D eigenvalue weighted by atomic mass is 10.2. The van der Waals surface area contributed by atoms with Crippen molar-refractivity contribution < 1.29 is 14.0 Å². The Labute approximate surface area is 120 Å². The maximum absolute atomic E-state index is 13.4. The van der Waals surface area contributed by atoms with E-state index in [9.17, 15) is 14.0 Å². The molecule has 0 radical (unpaired) electrons. The predicted octanol–water partition coefficient (Wildman–Crippen LogP) is 2.72. The van der Waals surface area contributed by atoms with E-state index in [0.717, 1.165) is 0 Å². The molecule has 2 N–H and O–H groups in total. The van der Waals surface area contributed by atoms with Gasteiger partial charge in [0.05, 0.1) is 10.4 Å². The van der Waals surface area contributed by atoms with Crippen molar-refractivity contribution in [1.82, 2.24) is 10.9 Å². The topological polar surface area (TPSA) is 58.2 Å². The molecule has 19 heavy (non-hydrogen) atoms. The van der Waals surface area contributed by atoms with E-state index in [-0.39, 0.29) is 5.56 Å². The highest BCUT2D eigenvalue weighted by Gasteiger charge is 2.13. The highest BCUT2D eigenvalue weighted by molar-refractivity contribution is 9.10. The van der Waals surface area contributed by atoms with Gasteiger partial charge in [-0.05, 0) is 29.6 Å². The van der Waals surface area contributed by atoms with Crippen molar-refractivity contribution in [1.29, 1.82) is 0 Å². The number of hydrazine groups is 1. The van der Waals surface area contributed by atoms with Crippen molar-refractivity contribution in [2.75, 3.05) is 0 Å². The Morgan fingerprint density at radius 2 is 1.89 bits per heavy atom. The molecule has 0 spiro atoms. The molecule has 0 aliphatic carbocycles. The van der Waals surface area contributed by atoms with Crippen LogP contribution in [-0.4, -0.2) is 11.8 Å². The van der Waals surface area contributed by atoms with E-state index in [1.807, 2.05) is 0 Å². The van der Waals surface area contributed by atoms with Gasteiger partial charge in [0.1, 0.15) is 5.82 Å². The summed E-state index contributed by atoms with van der Waals surface area (Å²) in [6.07, 6.45) is 0. The van der Waals surface area contributed by atoms with E-state index in [0.29, 0.717) is 9.35 Å². The van der Waals surface area contributed by atoms with Gasteiger partial charge in [0.2, 0.25) is 0 Å². The third-order valence-electron chi connectivity index (χ3n) is 2.21. The number of carbonyl (C=O) groups is 2. The molecule has 4 nitrogen and oxygen atoms in total. The van der Waals surface area contributed by atoms with Gasteiger partial charge in [0.25, 0.3) is 11.8 Å². The van der Waals surface area contributed by atoms with E-state index in [1.165, 1.54) is 29.5 Å². The zero-order valence-electron chi connectivity index (χ0n) is 9.44. The second-order valence-electron chi connectivity index (χ2n) is 3.51. The number of thiophene rings is 1. The van der Waals surface area contributed by atoms with Crippen molar-refractivity contribution in [2.24, 2.45) is 0 Å². The molecule has 0 bridgehead atoms. The normalized spacial score (nSPS) is 10.0. The molecule has 7 heteroatoms. The first kappa shape index (κ1) is 13.7. The van der Waals surface area contributed by atoms with Gasteiger partial charge in [-0.1, -0.05) is 22.0 Å². The molecule has 98 valence electrons. The van der Waals surface area contributed by atoms with Gasteiger partial charge in [-0.25, -0.2) is 4.39 Å². The Hall–Kier alpha value is -1.73. The van der Waals surface area contributed by atoms with Crippen molar-refractivity contribution >= 4 is 39.1 Å². The summed E-state index contributed by atoms with van der Waals surface area (Å²) in [6.45, 7) is 0. The highest BCUT2D eigenvalue weighted by Crippen LogP contribution is 2.15. The summed E-state index contributed by atoms with van der Waals surface area (Å²) in [5, 5.41) is 1.74. The highest BCUT2D eigenvalue weighted by atomic mass is 79.9. The first-order valence-corrected chi connectivity index (χ1v) is 6.84. The van der Waals surface area contributed by atoms with Crippen LogP contribution in [0.1, 0.15) is 20.0 Å². The van der Waals surface area contributed by atoms with Gasteiger partial charge in [-0.2, -0.15) is 0 Å². The number of amides is 2. The van der Waals surface area contributed by atoms with Gasteiger partial charge in [-0.3, -0.25) is 20.4 Å².